The first kappa shape index (κ1) is 47.9. The monoisotopic (exact) mass is 925 g/mol. The number of carboxylic acid groups (broad SMARTS) is 1. The fourth-order valence-electron chi connectivity index (χ4n) is 8.95. The molecule has 2 aliphatic heterocycles. The standard InChI is InChI=1S/C46H52FN9O11/c1-3-46(66)29-16-34-42-27(21-56(34)44(64)28(29)23-67-45(46)65)41-31(10-9-26-24(2)30(47)17-32(54-42)40(26)41)52-35(57)11-13-55(22-39(61)62)14-12-49-37(59)19-51-43(63)33(15-25-7-5-4-6-8-25)53-38(60)20-50-36(58)18-48/h4-8,16-17,31,33,66H,3,9-15,18-23,48H2,1-2H3,(H,49,59)(H,50,58)(H,51,63)(H,52,57)(H,53,60)(H,61,62)/t31-,33-,46-/m0/s1. The second-order valence-corrected chi connectivity index (χ2v) is 16.7. The fourth-order valence-corrected chi connectivity index (χ4v) is 8.95. The lowest BCUT2D eigenvalue weighted by Crippen LogP contribution is -2.52. The van der Waals surface area contributed by atoms with Crippen LogP contribution in [0, 0.1) is 12.7 Å². The molecule has 1 aliphatic carbocycles. The molecule has 0 saturated heterocycles. The number of nitrogens with zero attached hydrogens (tertiary/aromatic N) is 3. The number of nitrogens with two attached hydrogens (primary N) is 1. The van der Waals surface area contributed by atoms with Gasteiger partial charge in [0, 0.05) is 55.1 Å². The number of aliphatic carboxylic acids is 1. The van der Waals surface area contributed by atoms with Crippen LogP contribution in [0.3, 0.4) is 0 Å². The highest BCUT2D eigenvalue weighted by Gasteiger charge is 2.46. The summed E-state index contributed by atoms with van der Waals surface area (Å²) in [6, 6.07) is 10.0. The third-order valence-corrected chi connectivity index (χ3v) is 12.5. The summed E-state index contributed by atoms with van der Waals surface area (Å²) in [5.41, 5.74) is 7.20. The van der Waals surface area contributed by atoms with Crippen molar-refractivity contribution in [3.05, 3.63) is 97.6 Å². The number of fused-ring (bicyclic) bond motifs is 5. The quantitative estimate of drug-likeness (QED) is 0.0482. The van der Waals surface area contributed by atoms with Crippen LogP contribution in [0.25, 0.3) is 22.3 Å². The van der Waals surface area contributed by atoms with Crippen LogP contribution in [0.5, 0.6) is 0 Å². The highest BCUT2D eigenvalue weighted by atomic mass is 19.1. The van der Waals surface area contributed by atoms with E-state index in [9.17, 15) is 48.6 Å². The van der Waals surface area contributed by atoms with Crippen LogP contribution in [-0.2, 0) is 69.9 Å². The van der Waals surface area contributed by atoms with E-state index in [1.54, 1.807) is 50.2 Å². The molecule has 354 valence electrons. The van der Waals surface area contributed by atoms with Crippen molar-refractivity contribution in [2.24, 2.45) is 5.73 Å². The molecule has 20 nitrogen and oxygen atoms in total. The second-order valence-electron chi connectivity index (χ2n) is 16.7. The summed E-state index contributed by atoms with van der Waals surface area (Å²) >= 11 is 0. The number of carboxylic acids is 1. The van der Waals surface area contributed by atoms with Crippen molar-refractivity contribution in [1.29, 1.82) is 0 Å². The number of aliphatic hydroxyl groups is 1. The van der Waals surface area contributed by atoms with Gasteiger partial charge in [0.15, 0.2) is 5.60 Å². The minimum atomic E-state index is -2.05. The lowest BCUT2D eigenvalue weighted by molar-refractivity contribution is -0.172. The van der Waals surface area contributed by atoms with Gasteiger partial charge in [-0.05, 0) is 54.5 Å². The lowest BCUT2D eigenvalue weighted by atomic mass is 9.81. The molecule has 2 aromatic carbocycles. The molecule has 0 bridgehead atoms. The van der Waals surface area contributed by atoms with Crippen LogP contribution >= 0.6 is 0 Å². The van der Waals surface area contributed by atoms with E-state index in [4.69, 9.17) is 15.5 Å². The fraction of sp³-hybridized carbons (Fsp3) is 0.413. The molecule has 7 rings (SSSR count). The van der Waals surface area contributed by atoms with Gasteiger partial charge in [0.25, 0.3) is 5.56 Å². The first-order valence-corrected chi connectivity index (χ1v) is 21.9. The van der Waals surface area contributed by atoms with E-state index in [2.05, 4.69) is 26.6 Å². The molecule has 4 heterocycles. The van der Waals surface area contributed by atoms with Crippen LogP contribution in [-0.4, -0.2) is 118 Å². The van der Waals surface area contributed by atoms with Gasteiger partial charge in [-0.15, -0.1) is 0 Å². The Morgan fingerprint density at radius 3 is 2.45 bits per heavy atom. The number of aryl methyl sites for hydroxylation is 1. The summed E-state index contributed by atoms with van der Waals surface area (Å²) in [6.07, 6.45) is 0.688. The Balaban J connectivity index is 0.999. The van der Waals surface area contributed by atoms with Crippen molar-refractivity contribution in [3.8, 4) is 11.4 Å². The van der Waals surface area contributed by atoms with Crippen molar-refractivity contribution in [3.63, 3.8) is 0 Å². The summed E-state index contributed by atoms with van der Waals surface area (Å²) in [5, 5.41) is 34.8. The molecule has 21 heteroatoms. The van der Waals surface area contributed by atoms with Gasteiger partial charge in [0.05, 0.1) is 61.2 Å². The lowest BCUT2D eigenvalue weighted by Gasteiger charge is -2.31. The number of pyridine rings is 2. The number of carbonyl (C=O) groups is 7. The van der Waals surface area contributed by atoms with E-state index in [1.165, 1.54) is 15.5 Å². The van der Waals surface area contributed by atoms with Gasteiger partial charge in [-0.3, -0.25) is 38.5 Å². The van der Waals surface area contributed by atoms with Crippen LogP contribution in [0.15, 0.2) is 47.3 Å². The number of benzene rings is 2. The molecular weight excluding hydrogens is 874 g/mol. The predicted octanol–water partition coefficient (Wildman–Crippen LogP) is -0.558. The highest BCUT2D eigenvalue weighted by molar-refractivity contribution is 5.95. The summed E-state index contributed by atoms with van der Waals surface area (Å²) in [5.74, 6) is -5.38. The number of cyclic esters (lactones) is 1. The van der Waals surface area contributed by atoms with Crippen LogP contribution in [0.1, 0.15) is 71.2 Å². The molecule has 2 aromatic heterocycles. The zero-order chi connectivity index (χ0) is 48.2. The SMILES string of the molecule is CC[C@@]1(O)C(=O)OCc2c1cc1n(c2=O)Cc2c-1nc1cc(F)c(C)c3c1c2[C@@H](NC(=O)CCN(CCNC(=O)CNC(=O)[C@H](Cc1ccccc1)NC(=O)CNC(=O)CN)CC(=O)O)CC3. The number of hydrogen-bond donors (Lipinski definition) is 8. The molecule has 5 amide bonds. The number of amides is 5. The molecular formula is C46H52FN9O11. The van der Waals surface area contributed by atoms with Gasteiger partial charge in [-0.2, -0.15) is 0 Å². The van der Waals surface area contributed by atoms with E-state index in [0.29, 0.717) is 51.8 Å². The normalized spacial score (nSPS) is 17.1. The largest absolute Gasteiger partial charge is 0.480 e. The molecule has 0 fully saturated rings. The first-order valence-electron chi connectivity index (χ1n) is 21.9. The number of nitrogens with one attached hydrogen (secondary N) is 5. The van der Waals surface area contributed by atoms with Crippen molar-refractivity contribution in [2.45, 2.75) is 76.8 Å². The number of rotatable bonds is 19. The molecule has 0 unspecified atom stereocenters. The maximum atomic E-state index is 15.4. The zero-order valence-electron chi connectivity index (χ0n) is 37.0. The maximum Gasteiger partial charge on any atom is 0.343 e. The predicted molar refractivity (Wildman–Crippen MR) is 237 cm³/mol. The van der Waals surface area contributed by atoms with Crippen molar-refractivity contribution >= 4 is 52.4 Å². The van der Waals surface area contributed by atoms with E-state index in [0.717, 1.165) is 11.1 Å². The minimum absolute atomic E-state index is 0.0116. The molecule has 9 N–H and O–H groups in total. The molecule has 3 atom stereocenters. The number of halogens is 1. The summed E-state index contributed by atoms with van der Waals surface area (Å²) in [7, 11) is 0. The van der Waals surface area contributed by atoms with Crippen molar-refractivity contribution < 1.29 is 52.9 Å². The van der Waals surface area contributed by atoms with Crippen molar-refractivity contribution in [2.75, 3.05) is 45.8 Å². The number of aromatic nitrogens is 2. The van der Waals surface area contributed by atoms with Gasteiger partial charge < -0.3 is 51.8 Å². The number of esters is 1. The van der Waals surface area contributed by atoms with Crippen LogP contribution in [0.4, 0.5) is 4.39 Å². The number of hydrogen-bond acceptors (Lipinski definition) is 13. The van der Waals surface area contributed by atoms with E-state index >= 15 is 4.39 Å². The Bertz CT molecular complexity index is 2730. The average molecular weight is 926 g/mol. The van der Waals surface area contributed by atoms with Crippen LogP contribution < -0.4 is 37.9 Å². The summed E-state index contributed by atoms with van der Waals surface area (Å²) in [4.78, 5) is 109. The third-order valence-electron chi connectivity index (χ3n) is 12.5. The van der Waals surface area contributed by atoms with Gasteiger partial charge >= 0.3 is 11.9 Å². The van der Waals surface area contributed by atoms with E-state index < -0.39 is 90.2 Å². The molecule has 4 aromatic rings. The molecule has 67 heavy (non-hydrogen) atoms. The number of ether oxygens (including phenoxy) is 1. The summed E-state index contributed by atoms with van der Waals surface area (Å²) in [6.45, 7) is 1.34. The highest BCUT2D eigenvalue weighted by Crippen LogP contribution is 2.46. The molecule has 0 saturated carbocycles. The Morgan fingerprint density at radius 1 is 0.985 bits per heavy atom. The van der Waals surface area contributed by atoms with E-state index in [1.807, 2.05) is 0 Å². The van der Waals surface area contributed by atoms with Crippen LogP contribution in [0.2, 0.25) is 0 Å². The zero-order valence-corrected chi connectivity index (χ0v) is 37.0. The van der Waals surface area contributed by atoms with Gasteiger partial charge in [-0.1, -0.05) is 37.3 Å². The Labute approximate surface area is 382 Å². The van der Waals surface area contributed by atoms with Gasteiger partial charge in [0.1, 0.15) is 18.5 Å². The molecule has 0 radical (unpaired) electrons. The van der Waals surface area contributed by atoms with Gasteiger partial charge in [-0.25, -0.2) is 14.2 Å². The topological polar surface area (TPSA) is 293 Å². The first-order chi connectivity index (χ1) is 32.0. The summed E-state index contributed by atoms with van der Waals surface area (Å²) < 4.78 is 22.1. The Hall–Kier alpha value is -7.10. The Kier molecular flexibility index (Phi) is 14.4. The third kappa shape index (κ3) is 10.2. The average Bonchev–Trinajstić information content (AvgIpc) is 3.68. The molecule has 0 spiro atoms. The number of carbonyl (C=O) groups excluding carboxylic acids is 6. The van der Waals surface area contributed by atoms with E-state index in [-0.39, 0.29) is 69.7 Å². The smallest absolute Gasteiger partial charge is 0.343 e. The van der Waals surface area contributed by atoms with Gasteiger partial charge in [0.2, 0.25) is 29.5 Å². The maximum absolute atomic E-state index is 15.4. The second kappa shape index (κ2) is 20.2. The minimum Gasteiger partial charge on any atom is -0.480 e. The molecule has 3 aliphatic rings. The van der Waals surface area contributed by atoms with Crippen molar-refractivity contribution in [1.82, 2.24) is 41.0 Å². The Morgan fingerprint density at radius 2 is 1.73 bits per heavy atom.